The Bertz CT molecular complexity index is 1190. The molecule has 0 fully saturated rings. The third-order valence-electron chi connectivity index (χ3n) is 4.93. The maximum atomic E-state index is 14.8. The number of esters is 1. The number of hydrogen-bond acceptors (Lipinski definition) is 6. The van der Waals surface area contributed by atoms with Crippen LogP contribution in [0.3, 0.4) is 0 Å². The molecule has 0 amide bonds. The zero-order valence-corrected chi connectivity index (χ0v) is 20.8. The molecule has 0 unspecified atom stereocenters. The van der Waals surface area contributed by atoms with Crippen LogP contribution in [0.2, 0.25) is 10.0 Å². The Labute approximate surface area is 208 Å². The highest BCUT2D eigenvalue weighted by Crippen LogP contribution is 2.33. The third kappa shape index (κ3) is 5.96. The standard InChI is InChI=1S/C25H25Cl2FN2O4/c1-5-20-22(27)23(30-14-29-20)17-9-8-16(12-19(17)28)33-13-15-7-10-18(26)21(11-15)34-25(3,4)24(31)32-6-2/h7-12,14H,5-6,13H2,1-4H3. The zero-order chi connectivity index (χ0) is 24.9. The Balaban J connectivity index is 1.74. The number of benzene rings is 2. The van der Waals surface area contributed by atoms with Crippen LogP contribution in [-0.2, 0) is 22.6 Å². The van der Waals surface area contributed by atoms with Gasteiger partial charge in [-0.25, -0.2) is 19.2 Å². The van der Waals surface area contributed by atoms with Crippen molar-refractivity contribution in [3.8, 4) is 22.8 Å². The van der Waals surface area contributed by atoms with E-state index < -0.39 is 17.4 Å². The molecule has 3 rings (SSSR count). The molecule has 0 atom stereocenters. The summed E-state index contributed by atoms with van der Waals surface area (Å²) < 4.78 is 31.4. The monoisotopic (exact) mass is 506 g/mol. The molecule has 0 bridgehead atoms. The normalized spacial score (nSPS) is 11.3. The van der Waals surface area contributed by atoms with Gasteiger partial charge in [0.25, 0.3) is 0 Å². The van der Waals surface area contributed by atoms with Crippen molar-refractivity contribution in [2.45, 2.75) is 46.3 Å². The number of halogens is 3. The van der Waals surface area contributed by atoms with Gasteiger partial charge in [-0.15, -0.1) is 0 Å². The Kier molecular flexibility index (Phi) is 8.33. The lowest BCUT2D eigenvalue weighted by molar-refractivity contribution is -0.158. The van der Waals surface area contributed by atoms with Crippen LogP contribution in [0.15, 0.2) is 42.7 Å². The van der Waals surface area contributed by atoms with Crippen molar-refractivity contribution in [1.82, 2.24) is 9.97 Å². The quantitative estimate of drug-likeness (QED) is 0.310. The number of carbonyl (C=O) groups excluding carboxylic acids is 1. The van der Waals surface area contributed by atoms with Crippen LogP contribution < -0.4 is 9.47 Å². The third-order valence-corrected chi connectivity index (χ3v) is 5.63. The Morgan fingerprint density at radius 1 is 1.09 bits per heavy atom. The van der Waals surface area contributed by atoms with E-state index in [2.05, 4.69) is 9.97 Å². The maximum absolute atomic E-state index is 14.8. The lowest BCUT2D eigenvalue weighted by Crippen LogP contribution is -2.39. The van der Waals surface area contributed by atoms with Crippen LogP contribution in [0.1, 0.15) is 39.0 Å². The SMILES string of the molecule is CCOC(=O)C(C)(C)Oc1cc(COc2ccc(-c3ncnc(CC)c3Cl)c(F)c2)ccc1Cl. The first-order valence-electron chi connectivity index (χ1n) is 10.7. The fourth-order valence-electron chi connectivity index (χ4n) is 3.12. The van der Waals surface area contributed by atoms with Gasteiger partial charge in [0.05, 0.1) is 28.0 Å². The van der Waals surface area contributed by atoms with E-state index in [0.29, 0.717) is 39.4 Å². The molecule has 0 N–H and O–H groups in total. The second kappa shape index (κ2) is 11.0. The molecule has 1 heterocycles. The number of carbonyl (C=O) groups is 1. The topological polar surface area (TPSA) is 70.5 Å². The molecule has 0 saturated carbocycles. The smallest absolute Gasteiger partial charge is 0.349 e. The summed E-state index contributed by atoms with van der Waals surface area (Å²) in [6.07, 6.45) is 1.98. The van der Waals surface area contributed by atoms with Crippen molar-refractivity contribution >= 4 is 29.2 Å². The van der Waals surface area contributed by atoms with E-state index in [1.54, 1.807) is 51.1 Å². The van der Waals surface area contributed by atoms with Crippen LogP contribution in [0.4, 0.5) is 4.39 Å². The molecule has 0 spiro atoms. The highest BCUT2D eigenvalue weighted by molar-refractivity contribution is 6.33. The summed E-state index contributed by atoms with van der Waals surface area (Å²) in [4.78, 5) is 20.4. The van der Waals surface area contributed by atoms with Crippen LogP contribution in [0.25, 0.3) is 11.3 Å². The lowest BCUT2D eigenvalue weighted by Gasteiger charge is -2.25. The van der Waals surface area contributed by atoms with Gasteiger partial charge in [0.15, 0.2) is 5.60 Å². The molecule has 34 heavy (non-hydrogen) atoms. The van der Waals surface area contributed by atoms with Crippen molar-refractivity contribution in [2.75, 3.05) is 6.61 Å². The molecule has 1 aromatic heterocycles. The summed E-state index contributed by atoms with van der Waals surface area (Å²) in [5, 5.41) is 0.668. The van der Waals surface area contributed by atoms with Crippen LogP contribution in [-0.4, -0.2) is 28.1 Å². The van der Waals surface area contributed by atoms with Gasteiger partial charge in [-0.2, -0.15) is 0 Å². The molecule has 9 heteroatoms. The lowest BCUT2D eigenvalue weighted by atomic mass is 10.1. The second-order valence-electron chi connectivity index (χ2n) is 7.86. The number of aromatic nitrogens is 2. The molecule has 0 radical (unpaired) electrons. The molecule has 0 aliphatic rings. The number of aryl methyl sites for hydroxylation is 1. The van der Waals surface area contributed by atoms with E-state index in [1.165, 1.54) is 12.4 Å². The summed E-state index contributed by atoms with van der Waals surface area (Å²) in [5.74, 6) is -0.381. The number of nitrogens with zero attached hydrogens (tertiary/aromatic N) is 2. The van der Waals surface area contributed by atoms with Gasteiger partial charge in [-0.05, 0) is 57.0 Å². The minimum absolute atomic E-state index is 0.125. The van der Waals surface area contributed by atoms with E-state index in [4.69, 9.17) is 37.4 Å². The first kappa shape index (κ1) is 25.7. The molecule has 2 aromatic carbocycles. The van der Waals surface area contributed by atoms with Crippen LogP contribution in [0.5, 0.6) is 11.5 Å². The largest absolute Gasteiger partial charge is 0.489 e. The second-order valence-corrected chi connectivity index (χ2v) is 8.65. The van der Waals surface area contributed by atoms with Crippen molar-refractivity contribution < 1.29 is 23.4 Å². The van der Waals surface area contributed by atoms with Crippen LogP contribution >= 0.6 is 23.2 Å². The molecule has 180 valence electrons. The number of rotatable bonds is 9. The highest BCUT2D eigenvalue weighted by atomic mass is 35.5. The fraction of sp³-hybridized carbons (Fsp3) is 0.320. The summed E-state index contributed by atoms with van der Waals surface area (Å²) in [5.41, 5.74) is 0.741. The minimum atomic E-state index is -1.22. The van der Waals surface area contributed by atoms with Gasteiger partial charge in [-0.3, -0.25) is 0 Å². The van der Waals surface area contributed by atoms with Crippen molar-refractivity contribution in [2.24, 2.45) is 0 Å². The van der Waals surface area contributed by atoms with E-state index in [1.807, 2.05) is 6.92 Å². The molecule has 3 aromatic rings. The Morgan fingerprint density at radius 3 is 2.53 bits per heavy atom. The molecule has 6 nitrogen and oxygen atoms in total. The molecular weight excluding hydrogens is 482 g/mol. The van der Waals surface area contributed by atoms with E-state index >= 15 is 0 Å². The predicted octanol–water partition coefficient (Wildman–Crippen LogP) is 6.45. The maximum Gasteiger partial charge on any atom is 0.349 e. The fourth-order valence-corrected chi connectivity index (χ4v) is 3.61. The first-order chi connectivity index (χ1) is 16.2. The van der Waals surface area contributed by atoms with Crippen molar-refractivity contribution in [1.29, 1.82) is 0 Å². The van der Waals surface area contributed by atoms with Crippen molar-refractivity contribution in [3.05, 3.63) is 69.8 Å². The summed E-state index contributed by atoms with van der Waals surface area (Å²) >= 11 is 12.6. The van der Waals surface area contributed by atoms with Gasteiger partial charge in [0, 0.05) is 11.6 Å². The van der Waals surface area contributed by atoms with Gasteiger partial charge >= 0.3 is 5.97 Å². The average Bonchev–Trinajstić information content (AvgIpc) is 2.80. The van der Waals surface area contributed by atoms with E-state index in [0.717, 1.165) is 5.56 Å². The summed E-state index contributed by atoms with van der Waals surface area (Å²) in [7, 11) is 0. The number of hydrogen-bond donors (Lipinski definition) is 0. The van der Waals surface area contributed by atoms with Gasteiger partial charge < -0.3 is 14.2 Å². The van der Waals surface area contributed by atoms with Gasteiger partial charge in [0.2, 0.25) is 0 Å². The summed E-state index contributed by atoms with van der Waals surface area (Å²) in [6, 6.07) is 9.54. The predicted molar refractivity (Wildman–Crippen MR) is 129 cm³/mol. The van der Waals surface area contributed by atoms with E-state index in [9.17, 15) is 9.18 Å². The highest BCUT2D eigenvalue weighted by Gasteiger charge is 2.32. The average molecular weight is 507 g/mol. The molecule has 0 aliphatic heterocycles. The molecule has 0 saturated heterocycles. The molecule has 0 aliphatic carbocycles. The Morgan fingerprint density at radius 2 is 1.85 bits per heavy atom. The summed E-state index contributed by atoms with van der Waals surface area (Å²) in [6.45, 7) is 7.20. The first-order valence-corrected chi connectivity index (χ1v) is 11.5. The van der Waals surface area contributed by atoms with E-state index in [-0.39, 0.29) is 18.8 Å². The molecular formula is C25H25Cl2FN2O4. The minimum Gasteiger partial charge on any atom is -0.489 e. The van der Waals surface area contributed by atoms with Gasteiger partial charge in [-0.1, -0.05) is 36.2 Å². The van der Waals surface area contributed by atoms with Gasteiger partial charge in [0.1, 0.15) is 30.3 Å². The zero-order valence-electron chi connectivity index (χ0n) is 19.3. The Hall–Kier alpha value is -2.90. The van der Waals surface area contributed by atoms with Crippen molar-refractivity contribution in [3.63, 3.8) is 0 Å². The number of ether oxygens (including phenoxy) is 3. The van der Waals surface area contributed by atoms with Crippen LogP contribution in [0, 0.1) is 5.82 Å².